The molecule has 0 aromatic heterocycles. The van der Waals surface area contributed by atoms with Gasteiger partial charge in [-0.1, -0.05) is 55.4 Å². The van der Waals surface area contributed by atoms with Gasteiger partial charge in [-0.3, -0.25) is 0 Å². The maximum Gasteiger partial charge on any atom is 0.330 e. The highest BCUT2D eigenvalue weighted by atomic mass is 35.5. The fraction of sp³-hybridized carbons (Fsp3) is 0.227. The predicted octanol–water partition coefficient (Wildman–Crippen LogP) is 5.67. The summed E-state index contributed by atoms with van der Waals surface area (Å²) in [4.78, 5) is 11.4. The van der Waals surface area contributed by atoms with Crippen LogP contribution in [-0.2, 0) is 20.9 Å². The molecular formula is C22H21ClO3. The van der Waals surface area contributed by atoms with Gasteiger partial charge < -0.3 is 9.47 Å². The number of fused-ring (bicyclic) bond motifs is 2. The van der Waals surface area contributed by atoms with Crippen LogP contribution in [0, 0.1) is 0 Å². The van der Waals surface area contributed by atoms with E-state index in [9.17, 15) is 4.79 Å². The second kappa shape index (κ2) is 8.35. The first kappa shape index (κ1) is 18.4. The number of rotatable bonds is 7. The molecule has 26 heavy (non-hydrogen) atoms. The Morgan fingerprint density at radius 2 is 1.92 bits per heavy atom. The van der Waals surface area contributed by atoms with Gasteiger partial charge >= 0.3 is 5.97 Å². The number of esters is 1. The molecule has 4 heteroatoms. The lowest BCUT2D eigenvalue weighted by molar-refractivity contribution is -0.146. The first-order chi connectivity index (χ1) is 12.6. The zero-order valence-corrected chi connectivity index (χ0v) is 15.5. The Labute approximate surface area is 158 Å². The fourth-order valence-electron chi connectivity index (χ4n) is 3.02. The Morgan fingerprint density at radius 3 is 2.69 bits per heavy atom. The van der Waals surface area contributed by atoms with Crippen LogP contribution in [0.2, 0.25) is 5.02 Å². The van der Waals surface area contributed by atoms with E-state index in [2.05, 4.69) is 24.8 Å². The minimum Gasteiger partial charge on any atom is -0.457 e. The van der Waals surface area contributed by atoms with Gasteiger partial charge in [-0.2, -0.15) is 0 Å². The van der Waals surface area contributed by atoms with Crippen LogP contribution in [0.1, 0.15) is 18.9 Å². The number of hydrogen-bond acceptors (Lipinski definition) is 3. The third kappa shape index (κ3) is 4.06. The number of hydrogen-bond donors (Lipinski definition) is 0. The third-order valence-corrected chi connectivity index (χ3v) is 4.63. The second-order valence-corrected chi connectivity index (χ2v) is 6.56. The molecule has 0 aliphatic heterocycles. The van der Waals surface area contributed by atoms with E-state index in [-0.39, 0.29) is 6.10 Å². The Morgan fingerprint density at radius 1 is 1.15 bits per heavy atom. The van der Waals surface area contributed by atoms with Crippen LogP contribution in [0.25, 0.3) is 21.5 Å². The molecule has 0 bridgehead atoms. The van der Waals surface area contributed by atoms with Crippen molar-refractivity contribution < 1.29 is 14.3 Å². The second-order valence-electron chi connectivity index (χ2n) is 6.13. The van der Waals surface area contributed by atoms with Crippen molar-refractivity contribution >= 4 is 39.1 Å². The van der Waals surface area contributed by atoms with E-state index < -0.39 is 5.97 Å². The van der Waals surface area contributed by atoms with Gasteiger partial charge in [0.05, 0.1) is 13.2 Å². The van der Waals surface area contributed by atoms with Gasteiger partial charge in [0.15, 0.2) is 0 Å². The molecule has 0 amide bonds. The van der Waals surface area contributed by atoms with Crippen LogP contribution >= 0.6 is 11.6 Å². The summed E-state index contributed by atoms with van der Waals surface area (Å²) in [7, 11) is 0. The Bertz CT molecular complexity index is 949. The Balaban J connectivity index is 1.88. The van der Waals surface area contributed by atoms with E-state index >= 15 is 0 Å². The van der Waals surface area contributed by atoms with Gasteiger partial charge in [-0.25, -0.2) is 4.79 Å². The van der Waals surface area contributed by atoms with Crippen LogP contribution in [0.4, 0.5) is 0 Å². The van der Waals surface area contributed by atoms with Gasteiger partial charge in [-0.15, -0.1) is 0 Å². The summed E-state index contributed by atoms with van der Waals surface area (Å²) in [5, 5.41) is 5.19. The van der Waals surface area contributed by atoms with Crippen molar-refractivity contribution in [1.29, 1.82) is 0 Å². The topological polar surface area (TPSA) is 35.5 Å². The Hall–Kier alpha value is -2.36. The number of ether oxygens (including phenoxy) is 2. The number of benzene rings is 3. The first-order valence-electron chi connectivity index (χ1n) is 8.63. The highest BCUT2D eigenvalue weighted by molar-refractivity contribution is 6.31. The van der Waals surface area contributed by atoms with Gasteiger partial charge in [-0.05, 0) is 51.7 Å². The molecule has 134 valence electrons. The smallest absolute Gasteiger partial charge is 0.330 e. The van der Waals surface area contributed by atoms with Crippen molar-refractivity contribution in [2.24, 2.45) is 0 Å². The largest absolute Gasteiger partial charge is 0.457 e. The van der Waals surface area contributed by atoms with Gasteiger partial charge in [0.25, 0.3) is 0 Å². The van der Waals surface area contributed by atoms with Gasteiger partial charge in [0, 0.05) is 11.1 Å². The van der Waals surface area contributed by atoms with Crippen LogP contribution in [0.5, 0.6) is 0 Å². The highest BCUT2D eigenvalue weighted by Gasteiger charge is 2.13. The van der Waals surface area contributed by atoms with Crippen LogP contribution in [-0.4, -0.2) is 18.7 Å². The molecule has 0 radical (unpaired) electrons. The van der Waals surface area contributed by atoms with Gasteiger partial charge in [0.2, 0.25) is 0 Å². The normalized spacial score (nSPS) is 12.2. The van der Waals surface area contributed by atoms with Crippen molar-refractivity contribution in [3.63, 3.8) is 0 Å². The molecule has 3 aromatic carbocycles. The summed E-state index contributed by atoms with van der Waals surface area (Å²) < 4.78 is 11.2. The van der Waals surface area contributed by atoms with E-state index in [4.69, 9.17) is 21.1 Å². The summed E-state index contributed by atoms with van der Waals surface area (Å²) in [6, 6.07) is 16.3. The molecule has 0 spiro atoms. The molecule has 0 saturated heterocycles. The molecule has 3 rings (SSSR count). The summed E-state index contributed by atoms with van der Waals surface area (Å²) in [6.45, 7) is 6.13. The minimum absolute atomic E-state index is 0.287. The predicted molar refractivity (Wildman–Crippen MR) is 106 cm³/mol. The Kier molecular flexibility index (Phi) is 5.92. The van der Waals surface area contributed by atoms with Gasteiger partial charge in [0.1, 0.15) is 6.10 Å². The fourth-order valence-corrected chi connectivity index (χ4v) is 3.19. The standard InChI is InChI=1S/C22H21ClO3/c1-3-18(26-22(24)4-2)13-25-14-21-19-8-6-5-7-15(19)11-16-9-10-17(23)12-20(16)21/h4-12,18H,2-3,13-14H2,1H3. The monoisotopic (exact) mass is 368 g/mol. The molecule has 3 nitrogen and oxygen atoms in total. The molecule has 0 heterocycles. The summed E-state index contributed by atoms with van der Waals surface area (Å²) >= 11 is 6.21. The zero-order chi connectivity index (χ0) is 18.5. The quantitative estimate of drug-likeness (QED) is 0.306. The van der Waals surface area contributed by atoms with E-state index in [0.29, 0.717) is 24.7 Å². The SMILES string of the molecule is C=CC(=O)OC(CC)COCc1c2ccccc2cc2ccc(Cl)cc12. The zero-order valence-electron chi connectivity index (χ0n) is 14.7. The summed E-state index contributed by atoms with van der Waals surface area (Å²) in [6.07, 6.45) is 1.57. The van der Waals surface area contributed by atoms with Crippen LogP contribution < -0.4 is 0 Å². The number of carbonyl (C=O) groups excluding carboxylic acids is 1. The molecule has 0 N–H and O–H groups in total. The van der Waals surface area contributed by atoms with Crippen molar-refractivity contribution in [2.45, 2.75) is 26.1 Å². The van der Waals surface area contributed by atoms with Crippen molar-refractivity contribution in [2.75, 3.05) is 6.61 Å². The van der Waals surface area contributed by atoms with Crippen LogP contribution in [0.15, 0.2) is 61.2 Å². The number of halogens is 1. The molecule has 1 unspecified atom stereocenters. The summed E-state index contributed by atoms with van der Waals surface area (Å²) in [5.41, 5.74) is 1.09. The molecule has 0 fully saturated rings. The van der Waals surface area contributed by atoms with E-state index in [0.717, 1.165) is 27.1 Å². The molecular weight excluding hydrogens is 348 g/mol. The lowest BCUT2D eigenvalue weighted by Gasteiger charge is -2.17. The average Bonchev–Trinajstić information content (AvgIpc) is 2.66. The molecule has 3 aromatic rings. The minimum atomic E-state index is -0.428. The van der Waals surface area contributed by atoms with Crippen molar-refractivity contribution in [3.05, 3.63) is 71.8 Å². The summed E-state index contributed by atoms with van der Waals surface area (Å²) in [5.74, 6) is -0.428. The lowest BCUT2D eigenvalue weighted by atomic mass is 9.97. The van der Waals surface area contributed by atoms with Crippen molar-refractivity contribution in [1.82, 2.24) is 0 Å². The van der Waals surface area contributed by atoms with E-state index in [1.165, 1.54) is 6.08 Å². The molecule has 0 aliphatic carbocycles. The van der Waals surface area contributed by atoms with E-state index in [1.54, 1.807) is 0 Å². The van der Waals surface area contributed by atoms with E-state index in [1.807, 2.05) is 37.3 Å². The molecule has 0 saturated carbocycles. The average molecular weight is 369 g/mol. The lowest BCUT2D eigenvalue weighted by Crippen LogP contribution is -2.21. The third-order valence-electron chi connectivity index (χ3n) is 4.39. The number of carbonyl (C=O) groups is 1. The highest BCUT2D eigenvalue weighted by Crippen LogP contribution is 2.31. The maximum atomic E-state index is 11.4. The molecule has 1 atom stereocenters. The first-order valence-corrected chi connectivity index (χ1v) is 9.01. The van der Waals surface area contributed by atoms with Crippen LogP contribution in [0.3, 0.4) is 0 Å². The van der Waals surface area contributed by atoms with Crippen molar-refractivity contribution in [3.8, 4) is 0 Å². The molecule has 0 aliphatic rings. The maximum absolute atomic E-state index is 11.4.